The minimum atomic E-state index is -0.352. The molecule has 1 aliphatic heterocycles. The highest BCUT2D eigenvalue weighted by Crippen LogP contribution is 2.29. The van der Waals surface area contributed by atoms with E-state index in [1.165, 1.54) is 0 Å². The summed E-state index contributed by atoms with van der Waals surface area (Å²) >= 11 is 0. The number of hydrogen-bond acceptors (Lipinski definition) is 3. The molecule has 2 heterocycles. The lowest BCUT2D eigenvalue weighted by atomic mass is 9.99. The van der Waals surface area contributed by atoms with Gasteiger partial charge < -0.3 is 15.0 Å². The van der Waals surface area contributed by atoms with E-state index in [1.54, 1.807) is 4.68 Å². The van der Waals surface area contributed by atoms with Crippen LogP contribution in [0, 0.1) is 0 Å². The van der Waals surface area contributed by atoms with Crippen LogP contribution in [-0.2, 0) is 11.8 Å². The fourth-order valence-electron chi connectivity index (χ4n) is 3.15. The Labute approximate surface area is 132 Å². The molecular weight excluding hydrogens is 280 g/mol. The summed E-state index contributed by atoms with van der Waals surface area (Å²) in [7, 11) is 1.86. The Bertz CT molecular complexity index is 544. The van der Waals surface area contributed by atoms with E-state index < -0.39 is 0 Å². The number of aryl methyl sites for hydroxylation is 1. The Morgan fingerprint density at radius 2 is 1.82 bits per heavy atom. The fraction of sp³-hybridized carbons (Fsp3) is 0.750. The number of hydrogen-bond donors (Lipinski definition) is 1. The van der Waals surface area contributed by atoms with E-state index >= 15 is 0 Å². The summed E-state index contributed by atoms with van der Waals surface area (Å²) in [4.78, 5) is 14.5. The monoisotopic (exact) mass is 308 g/mol. The fourth-order valence-corrected chi connectivity index (χ4v) is 3.15. The van der Waals surface area contributed by atoms with Crippen molar-refractivity contribution in [3.8, 4) is 0 Å². The van der Waals surface area contributed by atoms with E-state index in [0.717, 1.165) is 11.4 Å². The van der Waals surface area contributed by atoms with Gasteiger partial charge in [0.05, 0.1) is 35.7 Å². The SMILES string of the molecule is CC(C)c1nn(C)cc1NC(=O)N1CC(C)(C)OC(C)(C)C1. The first-order valence-corrected chi connectivity index (χ1v) is 7.79. The Hall–Kier alpha value is -1.56. The first-order valence-electron chi connectivity index (χ1n) is 7.79. The van der Waals surface area contributed by atoms with E-state index in [4.69, 9.17) is 4.74 Å². The summed E-state index contributed by atoms with van der Waals surface area (Å²) in [6, 6.07) is -0.0978. The van der Waals surface area contributed by atoms with Crippen LogP contribution in [0.3, 0.4) is 0 Å². The van der Waals surface area contributed by atoms with E-state index in [2.05, 4.69) is 24.3 Å². The van der Waals surface area contributed by atoms with Crippen molar-refractivity contribution in [3.05, 3.63) is 11.9 Å². The molecule has 1 aliphatic rings. The van der Waals surface area contributed by atoms with Crippen molar-refractivity contribution in [2.45, 2.75) is 58.7 Å². The van der Waals surface area contributed by atoms with Crippen LogP contribution in [0.1, 0.15) is 53.2 Å². The molecule has 22 heavy (non-hydrogen) atoms. The molecular formula is C16H28N4O2. The van der Waals surface area contributed by atoms with Gasteiger partial charge in [-0.15, -0.1) is 0 Å². The number of urea groups is 1. The summed E-state index contributed by atoms with van der Waals surface area (Å²) < 4.78 is 7.75. The highest BCUT2D eigenvalue weighted by molar-refractivity contribution is 5.90. The van der Waals surface area contributed by atoms with Gasteiger partial charge in [0.2, 0.25) is 0 Å². The summed E-state index contributed by atoms with van der Waals surface area (Å²) in [6.07, 6.45) is 1.85. The van der Waals surface area contributed by atoms with Gasteiger partial charge in [0.15, 0.2) is 0 Å². The molecule has 124 valence electrons. The first kappa shape index (κ1) is 16.8. The average molecular weight is 308 g/mol. The lowest BCUT2D eigenvalue weighted by molar-refractivity contribution is -0.169. The molecule has 2 rings (SSSR count). The number of carbonyl (C=O) groups is 1. The molecule has 2 amide bonds. The third-order valence-electron chi connectivity index (χ3n) is 3.63. The summed E-state index contributed by atoms with van der Waals surface area (Å²) in [6.45, 7) is 13.3. The maximum absolute atomic E-state index is 12.6. The van der Waals surface area contributed by atoms with Crippen LogP contribution in [-0.4, -0.2) is 45.0 Å². The van der Waals surface area contributed by atoms with E-state index in [1.807, 2.05) is 45.8 Å². The zero-order valence-electron chi connectivity index (χ0n) is 14.7. The van der Waals surface area contributed by atoms with Gasteiger partial charge in [-0.1, -0.05) is 13.8 Å². The van der Waals surface area contributed by atoms with Crippen molar-refractivity contribution in [1.82, 2.24) is 14.7 Å². The second-order valence-corrected chi connectivity index (χ2v) is 7.66. The third kappa shape index (κ3) is 3.80. The predicted molar refractivity (Wildman–Crippen MR) is 87.1 cm³/mol. The maximum Gasteiger partial charge on any atom is 0.322 e. The van der Waals surface area contributed by atoms with Crippen molar-refractivity contribution >= 4 is 11.7 Å². The molecule has 6 nitrogen and oxygen atoms in total. The number of carbonyl (C=O) groups excluding carboxylic acids is 1. The first-order chi connectivity index (χ1) is 9.99. The van der Waals surface area contributed by atoms with E-state index in [-0.39, 0.29) is 23.2 Å². The number of aromatic nitrogens is 2. The molecule has 1 fully saturated rings. The summed E-state index contributed by atoms with van der Waals surface area (Å²) in [5, 5.41) is 7.43. The van der Waals surface area contributed by atoms with Crippen molar-refractivity contribution in [2.75, 3.05) is 18.4 Å². The zero-order valence-corrected chi connectivity index (χ0v) is 14.7. The average Bonchev–Trinajstić information content (AvgIpc) is 2.66. The zero-order chi connectivity index (χ0) is 16.7. The highest BCUT2D eigenvalue weighted by atomic mass is 16.5. The number of amides is 2. The summed E-state index contributed by atoms with van der Waals surface area (Å²) in [5.41, 5.74) is 0.983. The van der Waals surface area contributed by atoms with Crippen LogP contribution in [0.5, 0.6) is 0 Å². The van der Waals surface area contributed by atoms with Crippen molar-refractivity contribution < 1.29 is 9.53 Å². The van der Waals surface area contributed by atoms with Gasteiger partial charge in [-0.2, -0.15) is 5.10 Å². The molecule has 1 aromatic heterocycles. The number of morpholine rings is 1. The van der Waals surface area contributed by atoms with Gasteiger partial charge in [0.1, 0.15) is 0 Å². The maximum atomic E-state index is 12.6. The Balaban J connectivity index is 2.15. The van der Waals surface area contributed by atoms with Crippen LogP contribution >= 0.6 is 0 Å². The Kier molecular flexibility index (Phi) is 4.26. The van der Waals surface area contributed by atoms with Crippen molar-refractivity contribution in [2.24, 2.45) is 7.05 Å². The standard InChI is InChI=1S/C16H28N4O2/c1-11(2)13-12(8-19(7)18-13)17-14(21)20-9-15(3,4)22-16(5,6)10-20/h8,11H,9-10H2,1-7H3,(H,17,21). The third-order valence-corrected chi connectivity index (χ3v) is 3.63. The molecule has 0 aromatic carbocycles. The normalized spacial score (nSPS) is 20.3. The molecule has 0 aliphatic carbocycles. The largest absolute Gasteiger partial charge is 0.366 e. The predicted octanol–water partition coefficient (Wildman–Crippen LogP) is 2.96. The van der Waals surface area contributed by atoms with Gasteiger partial charge in [-0.25, -0.2) is 4.79 Å². The molecule has 0 unspecified atom stereocenters. The lowest BCUT2D eigenvalue weighted by Crippen LogP contribution is -2.59. The molecule has 0 spiro atoms. The van der Waals surface area contributed by atoms with Crippen LogP contribution in [0.4, 0.5) is 10.5 Å². The Morgan fingerprint density at radius 1 is 1.27 bits per heavy atom. The number of anilines is 1. The van der Waals surface area contributed by atoms with Gasteiger partial charge in [0, 0.05) is 13.2 Å². The van der Waals surface area contributed by atoms with Crippen molar-refractivity contribution in [3.63, 3.8) is 0 Å². The molecule has 6 heteroatoms. The second-order valence-electron chi connectivity index (χ2n) is 7.66. The minimum Gasteiger partial charge on any atom is -0.366 e. The van der Waals surface area contributed by atoms with E-state index in [0.29, 0.717) is 13.1 Å². The van der Waals surface area contributed by atoms with Crippen LogP contribution in [0.15, 0.2) is 6.20 Å². The summed E-state index contributed by atoms with van der Waals surface area (Å²) in [5.74, 6) is 0.258. The number of nitrogens with one attached hydrogen (secondary N) is 1. The smallest absolute Gasteiger partial charge is 0.322 e. The molecule has 1 aromatic rings. The van der Waals surface area contributed by atoms with Crippen LogP contribution < -0.4 is 5.32 Å². The van der Waals surface area contributed by atoms with Crippen LogP contribution in [0.25, 0.3) is 0 Å². The second kappa shape index (κ2) is 5.57. The minimum absolute atomic E-state index is 0.0978. The number of nitrogens with zero attached hydrogens (tertiary/aromatic N) is 3. The number of rotatable bonds is 2. The Morgan fingerprint density at radius 3 is 2.32 bits per heavy atom. The lowest BCUT2D eigenvalue weighted by Gasteiger charge is -2.46. The molecule has 1 saturated heterocycles. The van der Waals surface area contributed by atoms with Gasteiger partial charge in [-0.3, -0.25) is 4.68 Å². The van der Waals surface area contributed by atoms with Gasteiger partial charge in [0.25, 0.3) is 0 Å². The van der Waals surface area contributed by atoms with Crippen molar-refractivity contribution in [1.29, 1.82) is 0 Å². The van der Waals surface area contributed by atoms with E-state index in [9.17, 15) is 4.79 Å². The molecule has 0 atom stereocenters. The highest BCUT2D eigenvalue weighted by Gasteiger charge is 2.40. The van der Waals surface area contributed by atoms with Gasteiger partial charge >= 0.3 is 6.03 Å². The molecule has 1 N–H and O–H groups in total. The molecule has 0 bridgehead atoms. The number of ether oxygens (including phenoxy) is 1. The quantitative estimate of drug-likeness (QED) is 0.913. The van der Waals surface area contributed by atoms with Crippen LogP contribution in [0.2, 0.25) is 0 Å². The topological polar surface area (TPSA) is 59.4 Å². The molecule has 0 radical (unpaired) electrons. The molecule has 0 saturated carbocycles. The van der Waals surface area contributed by atoms with Gasteiger partial charge in [-0.05, 0) is 33.6 Å².